The molecule has 1 atom stereocenters. The average Bonchev–Trinajstić information content (AvgIpc) is 2.30. The van der Waals surface area contributed by atoms with E-state index in [9.17, 15) is 0 Å². The number of rotatable bonds is 6. The smallest absolute Gasteiger partial charge is 0.138 e. The zero-order valence-corrected chi connectivity index (χ0v) is 11.7. The standard InChI is InChI=1S/C14H22ClNO/c1-4-17-14-8-11(3)12(9-13(14)15)10(2)6-5-7-16/h8-10H,4-7,16H2,1-3H3. The van der Waals surface area contributed by atoms with Gasteiger partial charge in [-0.15, -0.1) is 0 Å². The van der Waals surface area contributed by atoms with Gasteiger partial charge >= 0.3 is 0 Å². The van der Waals surface area contributed by atoms with Crippen molar-refractivity contribution in [2.45, 2.75) is 39.5 Å². The zero-order chi connectivity index (χ0) is 12.8. The second-order valence-corrected chi connectivity index (χ2v) is 4.81. The van der Waals surface area contributed by atoms with E-state index < -0.39 is 0 Å². The first-order valence-electron chi connectivity index (χ1n) is 6.23. The van der Waals surface area contributed by atoms with Gasteiger partial charge in [0.25, 0.3) is 0 Å². The van der Waals surface area contributed by atoms with Crippen molar-refractivity contribution in [1.29, 1.82) is 0 Å². The molecule has 1 rings (SSSR count). The van der Waals surface area contributed by atoms with Gasteiger partial charge in [-0.05, 0) is 62.4 Å². The molecular formula is C14H22ClNO. The number of hydrogen-bond donors (Lipinski definition) is 1. The lowest BCUT2D eigenvalue weighted by Crippen LogP contribution is -2.04. The Labute approximate surface area is 109 Å². The maximum atomic E-state index is 6.21. The van der Waals surface area contributed by atoms with Crippen molar-refractivity contribution in [3.8, 4) is 5.75 Å². The van der Waals surface area contributed by atoms with Crippen LogP contribution in [0.15, 0.2) is 12.1 Å². The molecule has 0 heterocycles. The van der Waals surface area contributed by atoms with E-state index in [-0.39, 0.29) is 0 Å². The van der Waals surface area contributed by atoms with Crippen molar-refractivity contribution in [3.63, 3.8) is 0 Å². The molecule has 17 heavy (non-hydrogen) atoms. The Balaban J connectivity index is 2.90. The van der Waals surface area contributed by atoms with Gasteiger partial charge in [0.15, 0.2) is 0 Å². The molecule has 0 saturated carbocycles. The highest BCUT2D eigenvalue weighted by Gasteiger charge is 2.12. The van der Waals surface area contributed by atoms with Gasteiger partial charge in [0.05, 0.1) is 11.6 Å². The molecule has 1 unspecified atom stereocenters. The third kappa shape index (κ3) is 3.90. The topological polar surface area (TPSA) is 35.2 Å². The molecule has 0 fully saturated rings. The van der Waals surface area contributed by atoms with E-state index in [1.54, 1.807) is 0 Å². The summed E-state index contributed by atoms with van der Waals surface area (Å²) in [5.41, 5.74) is 8.08. The van der Waals surface area contributed by atoms with Crippen LogP contribution in [0.3, 0.4) is 0 Å². The van der Waals surface area contributed by atoms with Gasteiger partial charge in [0.1, 0.15) is 5.75 Å². The summed E-state index contributed by atoms with van der Waals surface area (Å²) in [5, 5.41) is 0.701. The summed E-state index contributed by atoms with van der Waals surface area (Å²) in [6.45, 7) is 7.67. The Kier molecular flexibility index (Phi) is 5.79. The quantitative estimate of drug-likeness (QED) is 0.837. The SMILES string of the molecule is CCOc1cc(C)c(C(C)CCCN)cc1Cl. The fraction of sp³-hybridized carbons (Fsp3) is 0.571. The Hall–Kier alpha value is -0.730. The van der Waals surface area contributed by atoms with Gasteiger partial charge in [0.2, 0.25) is 0 Å². The molecule has 0 aliphatic rings. The highest BCUT2D eigenvalue weighted by atomic mass is 35.5. The van der Waals surface area contributed by atoms with Crippen molar-refractivity contribution in [2.24, 2.45) is 5.73 Å². The summed E-state index contributed by atoms with van der Waals surface area (Å²) in [7, 11) is 0. The molecule has 3 heteroatoms. The molecule has 2 N–H and O–H groups in total. The van der Waals surface area contributed by atoms with E-state index in [0.717, 1.165) is 25.1 Å². The van der Waals surface area contributed by atoms with Crippen LogP contribution < -0.4 is 10.5 Å². The lowest BCUT2D eigenvalue weighted by Gasteiger charge is -2.16. The molecule has 0 aliphatic heterocycles. The number of ether oxygens (including phenoxy) is 1. The molecular weight excluding hydrogens is 234 g/mol. The van der Waals surface area contributed by atoms with Crippen LogP contribution in [-0.4, -0.2) is 13.2 Å². The summed E-state index contributed by atoms with van der Waals surface area (Å²) in [6, 6.07) is 4.06. The fourth-order valence-corrected chi connectivity index (χ4v) is 2.27. The first kappa shape index (κ1) is 14.3. The van der Waals surface area contributed by atoms with Crippen LogP contribution in [0.25, 0.3) is 0 Å². The van der Waals surface area contributed by atoms with E-state index in [4.69, 9.17) is 22.1 Å². The maximum Gasteiger partial charge on any atom is 0.138 e. The van der Waals surface area contributed by atoms with Gasteiger partial charge in [0, 0.05) is 0 Å². The van der Waals surface area contributed by atoms with Crippen LogP contribution in [0, 0.1) is 6.92 Å². The lowest BCUT2D eigenvalue weighted by atomic mass is 9.92. The second kappa shape index (κ2) is 6.87. The minimum atomic E-state index is 0.492. The minimum Gasteiger partial charge on any atom is -0.492 e. The molecule has 2 nitrogen and oxygen atoms in total. The third-order valence-corrected chi connectivity index (χ3v) is 3.29. The van der Waals surface area contributed by atoms with Crippen molar-refractivity contribution in [2.75, 3.05) is 13.2 Å². The molecule has 0 saturated heterocycles. The van der Waals surface area contributed by atoms with Crippen LogP contribution in [0.4, 0.5) is 0 Å². The Bertz CT molecular complexity index is 365. The van der Waals surface area contributed by atoms with Crippen LogP contribution in [0.2, 0.25) is 5.02 Å². The summed E-state index contributed by atoms with van der Waals surface area (Å²) < 4.78 is 5.48. The number of benzene rings is 1. The molecule has 0 aliphatic carbocycles. The summed E-state index contributed by atoms with van der Waals surface area (Å²) in [5.74, 6) is 1.27. The Morgan fingerprint density at radius 2 is 2.12 bits per heavy atom. The number of aryl methyl sites for hydroxylation is 1. The van der Waals surface area contributed by atoms with Gasteiger partial charge in [-0.2, -0.15) is 0 Å². The largest absolute Gasteiger partial charge is 0.492 e. The van der Waals surface area contributed by atoms with Crippen LogP contribution in [0.1, 0.15) is 43.7 Å². The van der Waals surface area contributed by atoms with Crippen LogP contribution in [0.5, 0.6) is 5.75 Å². The van der Waals surface area contributed by atoms with E-state index in [0.29, 0.717) is 17.5 Å². The zero-order valence-electron chi connectivity index (χ0n) is 10.9. The summed E-state index contributed by atoms with van der Waals surface area (Å²) in [4.78, 5) is 0. The monoisotopic (exact) mass is 255 g/mol. The number of hydrogen-bond acceptors (Lipinski definition) is 2. The van der Waals surface area contributed by atoms with Crippen molar-refractivity contribution in [3.05, 3.63) is 28.3 Å². The first-order valence-corrected chi connectivity index (χ1v) is 6.60. The molecule has 0 aromatic heterocycles. The fourth-order valence-electron chi connectivity index (χ4n) is 2.05. The average molecular weight is 256 g/mol. The van der Waals surface area contributed by atoms with E-state index in [1.807, 2.05) is 19.1 Å². The van der Waals surface area contributed by atoms with Gasteiger partial charge < -0.3 is 10.5 Å². The Morgan fingerprint density at radius 3 is 2.71 bits per heavy atom. The summed E-state index contributed by atoms with van der Waals surface area (Å²) in [6.07, 6.45) is 2.15. The highest BCUT2D eigenvalue weighted by molar-refractivity contribution is 6.32. The second-order valence-electron chi connectivity index (χ2n) is 4.40. The molecule has 96 valence electrons. The Morgan fingerprint density at radius 1 is 1.41 bits per heavy atom. The molecule has 0 bridgehead atoms. The normalized spacial score (nSPS) is 12.5. The number of halogens is 1. The summed E-state index contributed by atoms with van der Waals surface area (Å²) >= 11 is 6.21. The maximum absolute atomic E-state index is 6.21. The lowest BCUT2D eigenvalue weighted by molar-refractivity contribution is 0.340. The number of nitrogens with two attached hydrogens (primary N) is 1. The van der Waals surface area contributed by atoms with Crippen molar-refractivity contribution < 1.29 is 4.74 Å². The van der Waals surface area contributed by atoms with E-state index >= 15 is 0 Å². The third-order valence-electron chi connectivity index (χ3n) is 2.99. The molecule has 0 amide bonds. The molecule has 0 radical (unpaired) electrons. The van der Waals surface area contributed by atoms with Crippen LogP contribution in [-0.2, 0) is 0 Å². The van der Waals surface area contributed by atoms with Gasteiger partial charge in [-0.25, -0.2) is 0 Å². The van der Waals surface area contributed by atoms with Crippen molar-refractivity contribution >= 4 is 11.6 Å². The van der Waals surface area contributed by atoms with Gasteiger partial charge in [-0.3, -0.25) is 0 Å². The highest BCUT2D eigenvalue weighted by Crippen LogP contribution is 2.33. The van der Waals surface area contributed by atoms with Gasteiger partial charge in [-0.1, -0.05) is 18.5 Å². The van der Waals surface area contributed by atoms with E-state index in [1.165, 1.54) is 11.1 Å². The predicted molar refractivity (Wildman–Crippen MR) is 74.1 cm³/mol. The minimum absolute atomic E-state index is 0.492. The molecule has 1 aromatic carbocycles. The molecule has 1 aromatic rings. The predicted octanol–water partition coefficient (Wildman–Crippen LogP) is 3.89. The van der Waals surface area contributed by atoms with Crippen LogP contribution >= 0.6 is 11.6 Å². The van der Waals surface area contributed by atoms with Crippen molar-refractivity contribution in [1.82, 2.24) is 0 Å². The first-order chi connectivity index (χ1) is 8.10. The molecule has 0 spiro atoms. The van der Waals surface area contributed by atoms with E-state index in [2.05, 4.69) is 13.8 Å².